The third-order valence-electron chi connectivity index (χ3n) is 3.55. The molecule has 3 atom stereocenters. The van der Waals surface area contributed by atoms with Crippen molar-refractivity contribution >= 4 is 29.2 Å². The highest BCUT2D eigenvalue weighted by atomic mass is 35.5. The minimum Gasteiger partial charge on any atom is -0.441 e. The Morgan fingerprint density at radius 1 is 1.52 bits per heavy atom. The number of carbonyl (C=O) groups is 1. The summed E-state index contributed by atoms with van der Waals surface area (Å²) < 4.78 is 30.6. The van der Waals surface area contributed by atoms with E-state index in [9.17, 15) is 13.6 Å². The van der Waals surface area contributed by atoms with E-state index in [1.807, 2.05) is 19.8 Å². The van der Waals surface area contributed by atoms with E-state index in [2.05, 4.69) is 0 Å². The molecule has 0 bridgehead atoms. The smallest absolute Gasteiger partial charge is 0.311 e. The van der Waals surface area contributed by atoms with Crippen LogP contribution in [-0.4, -0.2) is 18.7 Å². The van der Waals surface area contributed by atoms with Crippen molar-refractivity contribution in [1.82, 2.24) is 0 Å². The number of allylic oxidation sites excluding steroid dienone is 2. The predicted molar refractivity (Wildman–Crippen MR) is 79.0 cm³/mol. The number of hydrogen-bond acceptors (Lipinski definition) is 2. The van der Waals surface area contributed by atoms with Crippen LogP contribution < -0.4 is 0 Å². The monoisotopic (exact) mass is 336 g/mol. The number of halogens is 4. The van der Waals surface area contributed by atoms with E-state index in [-0.39, 0.29) is 22.2 Å². The maximum atomic E-state index is 13.6. The molecule has 0 aliphatic heterocycles. The summed E-state index contributed by atoms with van der Waals surface area (Å²) >= 11 is 11.2. The number of rotatable bonds is 6. The lowest BCUT2D eigenvalue weighted by Gasteiger charge is -2.11. The van der Waals surface area contributed by atoms with Gasteiger partial charge in [-0.2, -0.15) is 0 Å². The molecule has 0 amide bonds. The van der Waals surface area contributed by atoms with Gasteiger partial charge < -0.3 is 4.74 Å². The first-order valence-corrected chi connectivity index (χ1v) is 7.12. The first-order valence-electron chi connectivity index (χ1n) is 6.36. The predicted octanol–water partition coefficient (Wildman–Crippen LogP) is 4.34. The van der Waals surface area contributed by atoms with Gasteiger partial charge in [0.2, 0.25) is 6.10 Å². The lowest BCUT2D eigenvalue weighted by atomic mass is 10.1. The van der Waals surface area contributed by atoms with Gasteiger partial charge in [0.1, 0.15) is 10.3 Å². The Morgan fingerprint density at radius 2 is 2.14 bits per heavy atom. The summed E-state index contributed by atoms with van der Waals surface area (Å²) in [6, 6.07) is 0. The highest BCUT2D eigenvalue weighted by molar-refractivity contribution is 6.55. The Balaban J connectivity index is 2.73. The minimum atomic E-state index is -1.43. The van der Waals surface area contributed by atoms with Crippen LogP contribution in [0.15, 0.2) is 22.5 Å². The number of esters is 1. The van der Waals surface area contributed by atoms with Crippen LogP contribution in [0.5, 0.6) is 0 Å². The fourth-order valence-electron chi connectivity index (χ4n) is 2.23. The van der Waals surface area contributed by atoms with Gasteiger partial charge in [0.25, 0.3) is 0 Å². The lowest BCUT2D eigenvalue weighted by molar-refractivity contribution is -0.148. The molecule has 2 nitrogen and oxygen atoms in total. The van der Waals surface area contributed by atoms with Crippen molar-refractivity contribution in [2.75, 3.05) is 6.67 Å². The lowest BCUT2D eigenvalue weighted by Crippen LogP contribution is -2.20. The van der Waals surface area contributed by atoms with Crippen LogP contribution in [0.3, 0.4) is 0 Å². The van der Waals surface area contributed by atoms with Crippen molar-refractivity contribution < 1.29 is 18.3 Å². The van der Waals surface area contributed by atoms with Gasteiger partial charge in [0.05, 0.1) is 12.6 Å². The molecule has 1 rings (SSSR count). The average molecular weight is 337 g/mol. The Bertz CT molecular complexity index is 502. The van der Waals surface area contributed by atoms with Crippen LogP contribution in [0, 0.1) is 29.6 Å². The first kappa shape index (κ1) is 18.0. The minimum absolute atomic E-state index is 0.0610. The normalized spacial score (nSPS) is 24.7. The van der Waals surface area contributed by atoms with Gasteiger partial charge in [-0.05, 0) is 29.9 Å². The van der Waals surface area contributed by atoms with Crippen molar-refractivity contribution in [3.63, 3.8) is 0 Å². The maximum Gasteiger partial charge on any atom is 0.311 e. The number of alkyl halides is 1. The van der Waals surface area contributed by atoms with E-state index in [4.69, 9.17) is 34.4 Å². The fraction of sp³-hybridized carbons (Fsp3) is 0.533. The van der Waals surface area contributed by atoms with Crippen LogP contribution in [-0.2, 0) is 9.53 Å². The van der Waals surface area contributed by atoms with Gasteiger partial charge in [-0.25, -0.2) is 4.39 Å². The molecule has 6 heteroatoms. The Hall–Kier alpha value is -1.05. The van der Waals surface area contributed by atoms with Crippen molar-refractivity contribution in [1.29, 1.82) is 0 Å². The Morgan fingerprint density at radius 3 is 2.62 bits per heavy atom. The van der Waals surface area contributed by atoms with Gasteiger partial charge >= 0.3 is 5.97 Å². The molecule has 0 aromatic rings. The quantitative estimate of drug-likeness (QED) is 0.532. The zero-order valence-electron chi connectivity index (χ0n) is 11.7. The molecule has 1 saturated carbocycles. The first-order chi connectivity index (χ1) is 9.75. The standard InChI is InChI=1S/C15H16Cl2F2O2/c1-4-11(10(19)6-5-7-18)21-14(20)13-9(8-12(16)17)15(13,2)3/h1,6,8-9,11,13H,5,7H2,2-3H3/b10-6-. The molecule has 0 saturated heterocycles. The van der Waals surface area contributed by atoms with E-state index in [1.54, 1.807) is 6.08 Å². The largest absolute Gasteiger partial charge is 0.441 e. The van der Waals surface area contributed by atoms with Crippen molar-refractivity contribution in [2.45, 2.75) is 26.4 Å². The summed E-state index contributed by atoms with van der Waals surface area (Å²) in [5.74, 6) is -0.114. The van der Waals surface area contributed by atoms with Gasteiger partial charge in [0.15, 0.2) is 0 Å². The molecule has 0 aromatic carbocycles. The molecule has 1 fully saturated rings. The Labute approximate surface area is 133 Å². The van der Waals surface area contributed by atoms with E-state index in [0.29, 0.717) is 0 Å². The second kappa shape index (κ2) is 7.29. The molecule has 1 aliphatic rings. The van der Waals surface area contributed by atoms with E-state index in [1.165, 1.54) is 0 Å². The highest BCUT2D eigenvalue weighted by Crippen LogP contribution is 2.60. The van der Waals surface area contributed by atoms with Crippen LogP contribution in [0.4, 0.5) is 8.78 Å². The van der Waals surface area contributed by atoms with E-state index >= 15 is 0 Å². The zero-order chi connectivity index (χ0) is 16.2. The van der Waals surface area contributed by atoms with E-state index in [0.717, 1.165) is 6.08 Å². The van der Waals surface area contributed by atoms with Crippen LogP contribution >= 0.6 is 23.2 Å². The van der Waals surface area contributed by atoms with Crippen molar-refractivity contribution in [3.8, 4) is 12.3 Å². The molecule has 0 N–H and O–H groups in total. The highest BCUT2D eigenvalue weighted by Gasteiger charge is 2.62. The summed E-state index contributed by atoms with van der Waals surface area (Å²) in [7, 11) is 0. The topological polar surface area (TPSA) is 26.3 Å². The number of carbonyl (C=O) groups excluding carboxylic acids is 1. The third kappa shape index (κ3) is 4.46. The molecule has 116 valence electrons. The van der Waals surface area contributed by atoms with Crippen molar-refractivity contribution in [3.05, 3.63) is 22.5 Å². The van der Waals surface area contributed by atoms with Crippen LogP contribution in [0.25, 0.3) is 0 Å². The molecule has 0 radical (unpaired) electrons. The zero-order valence-corrected chi connectivity index (χ0v) is 13.2. The summed E-state index contributed by atoms with van der Waals surface area (Å²) in [4.78, 5) is 12.1. The van der Waals surface area contributed by atoms with Crippen LogP contribution in [0.1, 0.15) is 20.3 Å². The summed E-state index contributed by atoms with van der Waals surface area (Å²) in [5, 5.41) is 0. The molecule has 1 aliphatic carbocycles. The fourth-order valence-corrected chi connectivity index (χ4v) is 2.50. The number of ether oxygens (including phenoxy) is 1. The van der Waals surface area contributed by atoms with Gasteiger partial charge in [-0.15, -0.1) is 6.42 Å². The SMILES string of the molecule is C#CC(OC(=O)C1C(C=C(Cl)Cl)C1(C)C)/C(F)=C/CCF. The maximum absolute atomic E-state index is 13.6. The molecule has 0 heterocycles. The molecular formula is C15H16Cl2F2O2. The molecule has 21 heavy (non-hydrogen) atoms. The summed E-state index contributed by atoms with van der Waals surface area (Å²) in [6.45, 7) is 2.98. The third-order valence-corrected chi connectivity index (χ3v) is 3.81. The van der Waals surface area contributed by atoms with Gasteiger partial charge in [-0.3, -0.25) is 9.18 Å². The average Bonchev–Trinajstić information content (AvgIpc) is 2.93. The van der Waals surface area contributed by atoms with E-state index < -0.39 is 30.5 Å². The number of terminal acetylenes is 1. The van der Waals surface area contributed by atoms with Crippen molar-refractivity contribution in [2.24, 2.45) is 17.3 Å². The Kier molecular flexibility index (Phi) is 6.24. The summed E-state index contributed by atoms with van der Waals surface area (Å²) in [6.07, 6.45) is 6.11. The summed E-state index contributed by atoms with van der Waals surface area (Å²) in [5.41, 5.74) is -0.385. The molecule has 0 aromatic heterocycles. The molecular weight excluding hydrogens is 321 g/mol. The second-order valence-electron chi connectivity index (χ2n) is 5.33. The number of hydrogen-bond donors (Lipinski definition) is 0. The van der Waals surface area contributed by atoms with Gasteiger partial charge in [-0.1, -0.05) is 43.0 Å². The molecule has 0 spiro atoms. The second-order valence-corrected chi connectivity index (χ2v) is 6.34. The van der Waals surface area contributed by atoms with Crippen LogP contribution in [0.2, 0.25) is 0 Å². The van der Waals surface area contributed by atoms with Gasteiger partial charge in [0, 0.05) is 0 Å². The molecule has 3 unspecified atom stereocenters.